The van der Waals surface area contributed by atoms with Gasteiger partial charge in [0.15, 0.2) is 0 Å². The van der Waals surface area contributed by atoms with Gasteiger partial charge in [0.1, 0.15) is 0 Å². The Morgan fingerprint density at radius 1 is 1.50 bits per heavy atom. The van der Waals surface area contributed by atoms with Crippen LogP contribution in [-0.4, -0.2) is 8.42 Å². The van der Waals surface area contributed by atoms with Crippen LogP contribution in [-0.2, 0) is 20.5 Å². The molecule has 0 heterocycles. The SMILES string of the molecule is O=S(=O)=S.[N]=N. The van der Waals surface area contributed by atoms with Crippen LogP contribution in [0.4, 0.5) is 0 Å². The molecule has 1 radical (unpaired) electrons. The van der Waals surface area contributed by atoms with E-state index in [1.54, 1.807) is 0 Å². The van der Waals surface area contributed by atoms with Gasteiger partial charge in [0.05, 0.1) is 11.2 Å². The van der Waals surface area contributed by atoms with Gasteiger partial charge in [-0.1, -0.05) is 0 Å². The van der Waals surface area contributed by atoms with E-state index in [-0.39, 0.29) is 0 Å². The van der Waals surface area contributed by atoms with Crippen molar-refractivity contribution in [1.29, 1.82) is 5.53 Å². The third-order valence-corrected chi connectivity index (χ3v) is 0. The smallest absolute Gasteiger partial charge is 0.183 e. The fourth-order valence-electron chi connectivity index (χ4n) is 0. The van der Waals surface area contributed by atoms with Gasteiger partial charge in [-0.05, 0) is 5.53 Å². The number of rotatable bonds is 0. The molecule has 0 aromatic carbocycles. The molecule has 0 rings (SSSR count). The molecule has 0 unspecified atom stereocenters. The van der Waals surface area contributed by atoms with E-state index in [1.807, 2.05) is 0 Å². The molecular weight excluding hydrogens is 124 g/mol. The summed E-state index contributed by atoms with van der Waals surface area (Å²) < 4.78 is 17.6. The molecule has 0 saturated heterocycles. The first-order valence-electron chi connectivity index (χ1n) is 0.724. The minimum Gasteiger partial charge on any atom is -0.183 e. The minimum absolute atomic E-state index is 2.28. The fraction of sp³-hybridized carbons (Fsp3) is 0. The summed E-state index contributed by atoms with van der Waals surface area (Å²) in [6.07, 6.45) is 0. The van der Waals surface area contributed by atoms with Crippen molar-refractivity contribution in [2.24, 2.45) is 0 Å². The Bertz CT molecular complexity index is 89.7. The van der Waals surface area contributed by atoms with Crippen LogP contribution in [0.25, 0.3) is 0 Å². The minimum atomic E-state index is -2.28. The molecule has 0 fully saturated rings. The Labute approximate surface area is 40.7 Å². The predicted octanol–water partition coefficient (Wildman–Crippen LogP) is -0.855. The van der Waals surface area contributed by atoms with Crippen molar-refractivity contribution >= 4 is 20.5 Å². The lowest BCUT2D eigenvalue weighted by molar-refractivity contribution is 0.628. The number of nitrogens with zero attached hydrogens (tertiary/aromatic N) is 1. The molecule has 35 valence electrons. The van der Waals surface area contributed by atoms with Crippen LogP contribution in [0.5, 0.6) is 0 Å². The van der Waals surface area contributed by atoms with Crippen molar-refractivity contribution in [3.05, 3.63) is 0 Å². The van der Waals surface area contributed by atoms with Crippen LogP contribution in [0.1, 0.15) is 0 Å². The summed E-state index contributed by atoms with van der Waals surface area (Å²) in [4.78, 5) is 0. The van der Waals surface area contributed by atoms with Gasteiger partial charge in [-0.3, -0.25) is 0 Å². The van der Waals surface area contributed by atoms with E-state index < -0.39 is 9.26 Å². The molecule has 0 saturated carbocycles. The lowest BCUT2D eigenvalue weighted by Gasteiger charge is -1.15. The highest BCUT2D eigenvalue weighted by Gasteiger charge is 1.34. The lowest BCUT2D eigenvalue weighted by atomic mass is 13.3. The van der Waals surface area contributed by atoms with Gasteiger partial charge >= 0.3 is 0 Å². The average molecular weight is 125 g/mol. The number of nitrogens with one attached hydrogen (secondary N) is 1. The Hall–Kier alpha value is -0.360. The van der Waals surface area contributed by atoms with Crippen LogP contribution < -0.4 is 5.53 Å². The van der Waals surface area contributed by atoms with Crippen molar-refractivity contribution in [2.75, 3.05) is 0 Å². The summed E-state index contributed by atoms with van der Waals surface area (Å²) in [7, 11) is -2.28. The first kappa shape index (κ1) is 9.16. The standard InChI is InChI=1S/HN2.O2S2/c1-2;1-4(2)3/h1H;. The second-order valence-electron chi connectivity index (χ2n) is 0.204. The summed E-state index contributed by atoms with van der Waals surface area (Å²) in [6.45, 7) is 0. The van der Waals surface area contributed by atoms with Gasteiger partial charge in [0.2, 0.25) is 0 Å². The Kier molecular flexibility index (Phi) is 13.5. The van der Waals surface area contributed by atoms with Crippen molar-refractivity contribution in [2.45, 2.75) is 0 Å². The van der Waals surface area contributed by atoms with E-state index in [9.17, 15) is 0 Å². The molecule has 0 atom stereocenters. The summed E-state index contributed by atoms with van der Waals surface area (Å²) in [6, 6.07) is 0. The molecule has 6 heavy (non-hydrogen) atoms. The molecule has 0 aromatic rings. The van der Waals surface area contributed by atoms with Crippen molar-refractivity contribution in [3.8, 4) is 0 Å². The molecule has 0 aromatic heterocycles. The molecule has 0 bridgehead atoms. The fourth-order valence-corrected chi connectivity index (χ4v) is 0. The van der Waals surface area contributed by atoms with E-state index in [1.165, 1.54) is 0 Å². The van der Waals surface area contributed by atoms with Crippen molar-refractivity contribution in [3.63, 3.8) is 0 Å². The predicted molar refractivity (Wildman–Crippen MR) is 21.1 cm³/mol. The van der Waals surface area contributed by atoms with E-state index in [0.29, 0.717) is 0 Å². The monoisotopic (exact) mass is 125 g/mol. The van der Waals surface area contributed by atoms with E-state index >= 15 is 0 Å². The topological polar surface area (TPSA) is 80.3 Å². The summed E-state index contributed by atoms with van der Waals surface area (Å²) in [5.41, 5.74) is 11.0. The number of hydrogen-bond donors (Lipinski definition) is 1. The van der Waals surface area contributed by atoms with Crippen LogP contribution >= 0.6 is 0 Å². The molecule has 0 spiro atoms. The van der Waals surface area contributed by atoms with E-state index in [4.69, 9.17) is 19.5 Å². The third-order valence-electron chi connectivity index (χ3n) is 0. The second kappa shape index (κ2) is 8.82. The van der Waals surface area contributed by atoms with Gasteiger partial charge in [0.25, 0.3) is 9.26 Å². The summed E-state index contributed by atoms with van der Waals surface area (Å²) in [5, 5.41) is 0. The van der Waals surface area contributed by atoms with Gasteiger partial charge in [-0.2, -0.15) is 13.9 Å². The first-order chi connectivity index (χ1) is 2.73. The maximum atomic E-state index is 8.81. The Balaban J connectivity index is 0. The average Bonchev–Trinajstić information content (AvgIpc) is 1.41. The maximum Gasteiger partial charge on any atom is 0.284 e. The van der Waals surface area contributed by atoms with Crippen molar-refractivity contribution < 1.29 is 8.42 Å². The normalized spacial score (nSPS) is 4.67. The van der Waals surface area contributed by atoms with Gasteiger partial charge < -0.3 is 0 Å². The maximum absolute atomic E-state index is 8.81. The molecule has 0 aliphatic carbocycles. The van der Waals surface area contributed by atoms with Crippen LogP contribution in [0.2, 0.25) is 0 Å². The molecule has 0 amide bonds. The lowest BCUT2D eigenvalue weighted by Crippen LogP contribution is -1.35. The molecule has 1 N–H and O–H groups in total. The molecule has 6 heteroatoms. The zero-order valence-electron chi connectivity index (χ0n) is 2.58. The van der Waals surface area contributed by atoms with Crippen LogP contribution in [0.15, 0.2) is 0 Å². The van der Waals surface area contributed by atoms with Gasteiger partial charge in [-0.25, -0.2) is 0 Å². The zero-order valence-corrected chi connectivity index (χ0v) is 4.21. The zero-order chi connectivity index (χ0) is 5.58. The molecule has 0 aliphatic heterocycles. The van der Waals surface area contributed by atoms with Gasteiger partial charge in [0, 0.05) is 0 Å². The first-order valence-corrected chi connectivity index (χ1v) is 2.72. The Morgan fingerprint density at radius 3 is 1.50 bits per heavy atom. The number of hydrogen-bond acceptors (Lipinski definition) is 4. The van der Waals surface area contributed by atoms with Crippen molar-refractivity contribution in [1.82, 2.24) is 5.53 Å². The molecular formula is HN2O2S2. The highest BCUT2D eigenvalue weighted by molar-refractivity contribution is 8.14. The Morgan fingerprint density at radius 2 is 1.50 bits per heavy atom. The van der Waals surface area contributed by atoms with E-state index in [0.717, 1.165) is 0 Å². The summed E-state index contributed by atoms with van der Waals surface area (Å²) >= 11 is 3.54. The third kappa shape index (κ3) is 196. The molecule has 4 nitrogen and oxygen atoms in total. The van der Waals surface area contributed by atoms with Crippen LogP contribution in [0, 0.1) is 5.53 Å². The van der Waals surface area contributed by atoms with Gasteiger partial charge in [-0.15, -0.1) is 0 Å². The van der Waals surface area contributed by atoms with Crippen LogP contribution in [0.3, 0.4) is 0 Å². The highest BCUT2D eigenvalue weighted by Crippen LogP contribution is 1.13. The second-order valence-corrected chi connectivity index (χ2v) is 1.43. The quantitative estimate of drug-likeness (QED) is 0.428. The highest BCUT2D eigenvalue weighted by atomic mass is 32.8. The van der Waals surface area contributed by atoms with E-state index in [2.05, 4.69) is 11.2 Å². The molecule has 0 aliphatic rings. The largest absolute Gasteiger partial charge is 0.284 e. The summed E-state index contributed by atoms with van der Waals surface area (Å²) in [5.74, 6) is 0.